The highest BCUT2D eigenvalue weighted by Crippen LogP contribution is 2.21. The molecule has 0 saturated heterocycles. The van der Waals surface area contributed by atoms with E-state index >= 15 is 0 Å². The first-order valence-corrected chi connectivity index (χ1v) is 6.27. The number of ether oxygens (including phenoxy) is 2. The molecule has 0 radical (unpaired) electrons. The molecule has 5 nitrogen and oxygen atoms in total. The van der Waals surface area contributed by atoms with Crippen molar-refractivity contribution in [3.05, 3.63) is 36.0 Å². The van der Waals surface area contributed by atoms with E-state index in [-0.39, 0.29) is 6.42 Å². The molecule has 0 unspecified atom stereocenters. The summed E-state index contributed by atoms with van der Waals surface area (Å²) in [5.41, 5.74) is 1.93. The van der Waals surface area contributed by atoms with E-state index in [1.54, 1.807) is 0 Å². The van der Waals surface area contributed by atoms with Gasteiger partial charge in [-0.2, -0.15) is 0 Å². The Hall–Kier alpha value is -2.30. The maximum atomic E-state index is 11.7. The van der Waals surface area contributed by atoms with E-state index < -0.39 is 17.9 Å². The van der Waals surface area contributed by atoms with Gasteiger partial charge in [-0.3, -0.25) is 9.59 Å². The van der Waals surface area contributed by atoms with E-state index in [1.165, 1.54) is 14.2 Å². The Morgan fingerprint density at radius 1 is 1.15 bits per heavy atom. The number of carbonyl (C=O) groups is 2. The zero-order valence-electron chi connectivity index (χ0n) is 11.8. The third-order valence-corrected chi connectivity index (χ3v) is 3.44. The molecule has 0 atom stereocenters. The fourth-order valence-electron chi connectivity index (χ4n) is 2.30. The number of hydrogen-bond acceptors (Lipinski definition) is 4. The van der Waals surface area contributed by atoms with Crippen molar-refractivity contribution in [2.45, 2.75) is 6.42 Å². The fourth-order valence-corrected chi connectivity index (χ4v) is 2.30. The van der Waals surface area contributed by atoms with Crippen molar-refractivity contribution < 1.29 is 19.1 Å². The van der Waals surface area contributed by atoms with Gasteiger partial charge in [-0.1, -0.05) is 18.2 Å². The third-order valence-electron chi connectivity index (χ3n) is 3.44. The van der Waals surface area contributed by atoms with Gasteiger partial charge in [-0.15, -0.1) is 0 Å². The molecule has 1 aromatic carbocycles. The Morgan fingerprint density at radius 2 is 1.75 bits per heavy atom. The van der Waals surface area contributed by atoms with Crippen LogP contribution in [-0.4, -0.2) is 30.7 Å². The number of rotatable bonds is 4. The zero-order valence-corrected chi connectivity index (χ0v) is 11.8. The van der Waals surface area contributed by atoms with Crippen LogP contribution < -0.4 is 0 Å². The number of aryl methyl sites for hydroxylation is 1. The van der Waals surface area contributed by atoms with E-state index in [0.717, 1.165) is 16.6 Å². The number of nitrogens with zero attached hydrogens (tertiary/aromatic N) is 1. The maximum Gasteiger partial charge on any atom is 0.320 e. The summed E-state index contributed by atoms with van der Waals surface area (Å²) in [6.45, 7) is 0. The first-order valence-electron chi connectivity index (χ1n) is 6.27. The highest BCUT2D eigenvalue weighted by molar-refractivity contribution is 5.95. The molecule has 0 fully saturated rings. The molecule has 5 heteroatoms. The van der Waals surface area contributed by atoms with Crippen molar-refractivity contribution in [3.8, 4) is 0 Å². The third kappa shape index (κ3) is 2.52. The molecule has 106 valence electrons. The number of fused-ring (bicyclic) bond motifs is 1. The second-order valence-corrected chi connectivity index (χ2v) is 4.56. The first kappa shape index (κ1) is 14.1. The second kappa shape index (κ2) is 5.77. The van der Waals surface area contributed by atoms with E-state index in [4.69, 9.17) is 0 Å². The predicted molar refractivity (Wildman–Crippen MR) is 74.1 cm³/mol. The van der Waals surface area contributed by atoms with Crippen LogP contribution in [0, 0.1) is 5.92 Å². The molecule has 1 aromatic heterocycles. The Labute approximate surface area is 117 Å². The summed E-state index contributed by atoms with van der Waals surface area (Å²) < 4.78 is 11.3. The zero-order chi connectivity index (χ0) is 14.7. The summed E-state index contributed by atoms with van der Waals surface area (Å²) in [5, 5.41) is 1.07. The number of esters is 2. The predicted octanol–water partition coefficient (Wildman–Crippen LogP) is 1.68. The molecule has 0 spiro atoms. The summed E-state index contributed by atoms with van der Waals surface area (Å²) >= 11 is 0. The highest BCUT2D eigenvalue weighted by atomic mass is 16.5. The lowest BCUT2D eigenvalue weighted by Crippen LogP contribution is -2.29. The van der Waals surface area contributed by atoms with Gasteiger partial charge in [0.05, 0.1) is 14.2 Å². The van der Waals surface area contributed by atoms with Gasteiger partial charge < -0.3 is 14.0 Å². The van der Waals surface area contributed by atoms with E-state index in [1.807, 2.05) is 41.9 Å². The molecule has 0 amide bonds. The van der Waals surface area contributed by atoms with Crippen molar-refractivity contribution in [1.82, 2.24) is 4.57 Å². The van der Waals surface area contributed by atoms with Gasteiger partial charge in [0.25, 0.3) is 0 Å². The van der Waals surface area contributed by atoms with Crippen LogP contribution in [0.2, 0.25) is 0 Å². The van der Waals surface area contributed by atoms with Crippen molar-refractivity contribution >= 4 is 22.8 Å². The molecule has 1 heterocycles. The minimum absolute atomic E-state index is 0.254. The van der Waals surface area contributed by atoms with Crippen LogP contribution >= 0.6 is 0 Å². The molecule has 0 aliphatic heterocycles. The minimum Gasteiger partial charge on any atom is -0.468 e. The lowest BCUT2D eigenvalue weighted by Gasteiger charge is -2.13. The quantitative estimate of drug-likeness (QED) is 0.629. The molecular weight excluding hydrogens is 258 g/mol. The van der Waals surface area contributed by atoms with Crippen LogP contribution in [0.15, 0.2) is 30.3 Å². The average molecular weight is 275 g/mol. The van der Waals surface area contributed by atoms with Crippen LogP contribution in [0.5, 0.6) is 0 Å². The maximum absolute atomic E-state index is 11.7. The molecule has 2 rings (SSSR count). The van der Waals surface area contributed by atoms with Crippen LogP contribution in [0.1, 0.15) is 5.69 Å². The molecular formula is C15H17NO4. The SMILES string of the molecule is COC(=O)C(Cc1cc2ccccc2n1C)C(=O)OC. The molecule has 0 aliphatic rings. The minimum atomic E-state index is -0.937. The lowest BCUT2D eigenvalue weighted by atomic mass is 10.0. The van der Waals surface area contributed by atoms with Crippen molar-refractivity contribution in [2.75, 3.05) is 14.2 Å². The number of aromatic nitrogens is 1. The van der Waals surface area contributed by atoms with Gasteiger partial charge in [0.1, 0.15) is 0 Å². The van der Waals surface area contributed by atoms with Gasteiger partial charge in [0, 0.05) is 24.7 Å². The van der Waals surface area contributed by atoms with Crippen LogP contribution in [-0.2, 0) is 32.5 Å². The van der Waals surface area contributed by atoms with Gasteiger partial charge in [0.15, 0.2) is 5.92 Å². The van der Waals surface area contributed by atoms with E-state index in [9.17, 15) is 9.59 Å². The molecule has 0 N–H and O–H groups in total. The smallest absolute Gasteiger partial charge is 0.320 e. The Bertz CT molecular complexity index is 628. The summed E-state index contributed by atoms with van der Waals surface area (Å²) in [7, 11) is 4.43. The summed E-state index contributed by atoms with van der Waals surface area (Å²) in [6, 6.07) is 9.84. The van der Waals surface area contributed by atoms with Crippen LogP contribution in [0.4, 0.5) is 0 Å². The second-order valence-electron chi connectivity index (χ2n) is 4.56. The van der Waals surface area contributed by atoms with Crippen molar-refractivity contribution in [1.29, 1.82) is 0 Å². The van der Waals surface area contributed by atoms with Crippen molar-refractivity contribution in [3.63, 3.8) is 0 Å². The number of carbonyl (C=O) groups excluding carboxylic acids is 2. The molecule has 2 aromatic rings. The number of hydrogen-bond donors (Lipinski definition) is 0. The number of para-hydroxylation sites is 1. The largest absolute Gasteiger partial charge is 0.468 e. The van der Waals surface area contributed by atoms with Gasteiger partial charge in [0.2, 0.25) is 0 Å². The standard InChI is InChI=1S/C15H17NO4/c1-16-11(8-10-6-4-5-7-13(10)16)9-12(14(17)19-2)15(18)20-3/h4-8,12H,9H2,1-3H3. The van der Waals surface area contributed by atoms with E-state index in [2.05, 4.69) is 9.47 Å². The topological polar surface area (TPSA) is 57.5 Å². The van der Waals surface area contributed by atoms with Gasteiger partial charge in [-0.25, -0.2) is 0 Å². The van der Waals surface area contributed by atoms with Crippen LogP contribution in [0.25, 0.3) is 10.9 Å². The number of benzene rings is 1. The van der Waals surface area contributed by atoms with Gasteiger partial charge in [-0.05, 0) is 17.5 Å². The fraction of sp³-hybridized carbons (Fsp3) is 0.333. The average Bonchev–Trinajstić information content (AvgIpc) is 2.80. The molecule has 20 heavy (non-hydrogen) atoms. The Balaban J connectivity index is 2.35. The van der Waals surface area contributed by atoms with Crippen molar-refractivity contribution in [2.24, 2.45) is 13.0 Å². The van der Waals surface area contributed by atoms with Crippen LogP contribution in [0.3, 0.4) is 0 Å². The lowest BCUT2D eigenvalue weighted by molar-refractivity contribution is -0.158. The molecule has 0 saturated carbocycles. The van der Waals surface area contributed by atoms with Gasteiger partial charge >= 0.3 is 11.9 Å². The van der Waals surface area contributed by atoms with E-state index in [0.29, 0.717) is 0 Å². The summed E-state index contributed by atoms with van der Waals surface area (Å²) in [6.07, 6.45) is 0.254. The summed E-state index contributed by atoms with van der Waals surface area (Å²) in [5.74, 6) is -2.10. The Kier molecular flexibility index (Phi) is 4.08. The molecule has 0 aliphatic carbocycles. The Morgan fingerprint density at radius 3 is 2.30 bits per heavy atom. The highest BCUT2D eigenvalue weighted by Gasteiger charge is 2.29. The monoisotopic (exact) mass is 275 g/mol. The number of methoxy groups -OCH3 is 2. The summed E-state index contributed by atoms with van der Waals surface area (Å²) in [4.78, 5) is 23.4. The normalized spacial score (nSPS) is 10.8. The molecule has 0 bridgehead atoms. The first-order chi connectivity index (χ1) is 9.58.